The summed E-state index contributed by atoms with van der Waals surface area (Å²) in [5.74, 6) is -0.213. The summed E-state index contributed by atoms with van der Waals surface area (Å²) < 4.78 is 78.0. The average molecular weight is 454 g/mol. The van der Waals surface area contributed by atoms with Crippen molar-refractivity contribution in [3.05, 3.63) is 72.4 Å². The van der Waals surface area contributed by atoms with Crippen LogP contribution in [0.1, 0.15) is 12.5 Å². The Kier molecular flexibility index (Phi) is 6.01. The summed E-state index contributed by atoms with van der Waals surface area (Å²) in [4.78, 5) is 15.3. The number of anilines is 1. The van der Waals surface area contributed by atoms with Crippen molar-refractivity contribution in [2.45, 2.75) is 24.9 Å². The molecule has 0 saturated carbocycles. The molecule has 1 aromatic heterocycles. The van der Waals surface area contributed by atoms with Gasteiger partial charge >= 0.3 is 12.4 Å². The number of nitrogens with zero attached hydrogens (tertiary/aromatic N) is 1. The number of carbonyl (C=O) groups is 1. The highest BCUT2D eigenvalue weighted by Gasteiger charge is 2.71. The van der Waals surface area contributed by atoms with Gasteiger partial charge in [-0.2, -0.15) is 26.3 Å². The molecule has 0 aliphatic heterocycles. The van der Waals surface area contributed by atoms with Crippen molar-refractivity contribution < 1.29 is 36.2 Å². The van der Waals surface area contributed by atoms with Crippen molar-refractivity contribution in [2.75, 3.05) is 5.32 Å². The quantitative estimate of drug-likeness (QED) is 0.498. The Bertz CT molecular complexity index is 1080. The highest BCUT2D eigenvalue weighted by atomic mass is 19.4. The maximum atomic E-state index is 13.0. The number of nitrogens with one attached hydrogen (secondary N) is 1. The topological polar surface area (TPSA) is 62.2 Å². The number of hydrogen-bond donors (Lipinski definition) is 2. The van der Waals surface area contributed by atoms with E-state index in [-0.39, 0.29) is 5.91 Å². The Morgan fingerprint density at radius 2 is 1.28 bits per heavy atom. The molecule has 1 amide bonds. The number of alkyl halides is 6. The number of aromatic nitrogens is 1. The first-order valence-corrected chi connectivity index (χ1v) is 9.14. The third-order valence-corrected chi connectivity index (χ3v) is 4.72. The molecule has 0 unspecified atom stereocenters. The van der Waals surface area contributed by atoms with Gasteiger partial charge in [-0.05, 0) is 23.8 Å². The van der Waals surface area contributed by atoms with E-state index in [2.05, 4.69) is 10.3 Å². The zero-order chi connectivity index (χ0) is 23.7. The maximum absolute atomic E-state index is 13.0. The molecule has 168 valence electrons. The Balaban J connectivity index is 1.85. The van der Waals surface area contributed by atoms with Gasteiger partial charge in [0, 0.05) is 35.5 Å². The number of carbonyl (C=O) groups excluding carboxylic acids is 1. The van der Waals surface area contributed by atoms with Gasteiger partial charge in [-0.25, -0.2) is 0 Å². The summed E-state index contributed by atoms with van der Waals surface area (Å²) in [5, 5.41) is 12.1. The summed E-state index contributed by atoms with van der Waals surface area (Å²) in [5.41, 5.74) is -3.60. The van der Waals surface area contributed by atoms with Crippen LogP contribution in [0.4, 0.5) is 32.0 Å². The average Bonchev–Trinajstić information content (AvgIpc) is 2.72. The maximum Gasteiger partial charge on any atom is 0.430 e. The van der Waals surface area contributed by atoms with Gasteiger partial charge in [0.15, 0.2) is 0 Å². The Morgan fingerprint density at radius 1 is 0.781 bits per heavy atom. The number of hydrogen-bond acceptors (Lipinski definition) is 3. The fourth-order valence-corrected chi connectivity index (χ4v) is 3.05. The van der Waals surface area contributed by atoms with E-state index in [1.54, 1.807) is 36.4 Å². The Labute approximate surface area is 178 Å². The second-order valence-corrected chi connectivity index (χ2v) is 6.97. The molecule has 0 bridgehead atoms. The molecular weight excluding hydrogens is 438 g/mol. The van der Waals surface area contributed by atoms with Gasteiger partial charge in [0.05, 0.1) is 5.69 Å². The van der Waals surface area contributed by atoms with Crippen LogP contribution in [0.15, 0.2) is 66.9 Å². The van der Waals surface area contributed by atoms with Crippen molar-refractivity contribution in [2.24, 2.45) is 0 Å². The molecular formula is C22H16F6N2O2. The summed E-state index contributed by atoms with van der Waals surface area (Å²) in [7, 11) is 0. The number of pyridine rings is 1. The van der Waals surface area contributed by atoms with E-state index >= 15 is 0 Å². The number of benzene rings is 2. The molecule has 0 aliphatic carbocycles. The molecule has 0 aliphatic rings. The third kappa shape index (κ3) is 4.45. The monoisotopic (exact) mass is 454 g/mol. The minimum absolute atomic E-state index is 0.213. The number of halogens is 6. The minimum atomic E-state index is -5.94. The third-order valence-electron chi connectivity index (χ3n) is 4.72. The first-order valence-electron chi connectivity index (χ1n) is 9.14. The largest absolute Gasteiger partial charge is 0.430 e. The van der Waals surface area contributed by atoms with Crippen LogP contribution in [0, 0.1) is 0 Å². The Morgan fingerprint density at radius 3 is 1.72 bits per heavy atom. The van der Waals surface area contributed by atoms with Crippen LogP contribution >= 0.6 is 0 Å². The van der Waals surface area contributed by atoms with Crippen LogP contribution < -0.4 is 5.32 Å². The molecule has 0 spiro atoms. The van der Waals surface area contributed by atoms with E-state index in [0.29, 0.717) is 34.6 Å². The summed E-state index contributed by atoms with van der Waals surface area (Å²) in [6, 6.07) is 13.4. The molecule has 2 aromatic carbocycles. The fraction of sp³-hybridized carbons (Fsp3) is 0.182. The molecule has 0 saturated heterocycles. The first-order chi connectivity index (χ1) is 14.8. The molecule has 32 heavy (non-hydrogen) atoms. The second kappa shape index (κ2) is 8.27. The summed E-state index contributed by atoms with van der Waals surface area (Å²) >= 11 is 0. The van der Waals surface area contributed by atoms with Gasteiger partial charge in [-0.15, -0.1) is 0 Å². The van der Waals surface area contributed by atoms with Crippen LogP contribution in [0.5, 0.6) is 0 Å². The van der Waals surface area contributed by atoms with Crippen LogP contribution in [0.2, 0.25) is 0 Å². The van der Waals surface area contributed by atoms with Gasteiger partial charge in [0.2, 0.25) is 5.91 Å². The predicted octanol–water partition coefficient (Wildman–Crippen LogP) is 5.69. The first kappa shape index (κ1) is 23.3. The van der Waals surface area contributed by atoms with E-state index < -0.39 is 23.5 Å². The van der Waals surface area contributed by atoms with Crippen LogP contribution in [-0.2, 0) is 10.4 Å². The molecule has 4 nitrogen and oxygen atoms in total. The summed E-state index contributed by atoms with van der Waals surface area (Å²) in [6.07, 6.45) is -10.5. The van der Waals surface area contributed by atoms with E-state index in [1.165, 1.54) is 13.1 Å². The molecule has 3 aromatic rings. The lowest BCUT2D eigenvalue weighted by atomic mass is 9.91. The number of aliphatic hydroxyl groups is 1. The van der Waals surface area contributed by atoms with Crippen molar-refractivity contribution in [3.8, 4) is 22.4 Å². The fourth-order valence-electron chi connectivity index (χ4n) is 3.05. The highest BCUT2D eigenvalue weighted by Crippen LogP contribution is 2.50. The van der Waals surface area contributed by atoms with Gasteiger partial charge in [-0.1, -0.05) is 42.5 Å². The standard InChI is InChI=1S/C22H16F6N2O2/c1-13(31)30-18-9-4-15(5-10-18)19-11-6-16(12-29-19)14-2-7-17(8-3-14)20(32,21(23,24)25)22(26,27)28/h2-12,32H,1H3,(H,30,31). The van der Waals surface area contributed by atoms with E-state index in [1.807, 2.05) is 0 Å². The highest BCUT2D eigenvalue weighted by molar-refractivity contribution is 5.88. The summed E-state index contributed by atoms with van der Waals surface area (Å²) in [6.45, 7) is 1.38. The zero-order valence-corrected chi connectivity index (χ0v) is 16.4. The molecule has 10 heteroatoms. The SMILES string of the molecule is CC(=O)Nc1ccc(-c2ccc(-c3ccc(C(O)(C(F)(F)F)C(F)(F)F)cc3)cn2)cc1. The van der Waals surface area contributed by atoms with Gasteiger partial charge in [-0.3, -0.25) is 9.78 Å². The van der Waals surface area contributed by atoms with Crippen LogP contribution in [-0.4, -0.2) is 28.4 Å². The second-order valence-electron chi connectivity index (χ2n) is 6.97. The van der Waals surface area contributed by atoms with Crippen molar-refractivity contribution in [3.63, 3.8) is 0 Å². The van der Waals surface area contributed by atoms with E-state index in [0.717, 1.165) is 17.7 Å². The van der Waals surface area contributed by atoms with Crippen molar-refractivity contribution >= 4 is 11.6 Å². The Hall–Kier alpha value is -3.40. The van der Waals surface area contributed by atoms with Crippen molar-refractivity contribution in [1.82, 2.24) is 4.98 Å². The lowest BCUT2D eigenvalue weighted by Crippen LogP contribution is -2.53. The minimum Gasteiger partial charge on any atom is -0.369 e. The van der Waals surface area contributed by atoms with E-state index in [9.17, 15) is 36.2 Å². The number of amides is 1. The normalized spacial score (nSPS) is 12.5. The zero-order valence-electron chi connectivity index (χ0n) is 16.4. The molecule has 1 heterocycles. The van der Waals surface area contributed by atoms with Gasteiger partial charge < -0.3 is 10.4 Å². The van der Waals surface area contributed by atoms with E-state index in [4.69, 9.17) is 0 Å². The molecule has 0 fully saturated rings. The lowest BCUT2D eigenvalue weighted by molar-refractivity contribution is -0.376. The molecule has 3 rings (SSSR count). The molecule has 2 N–H and O–H groups in total. The molecule has 0 atom stereocenters. The van der Waals surface area contributed by atoms with Crippen LogP contribution in [0.25, 0.3) is 22.4 Å². The predicted molar refractivity (Wildman–Crippen MR) is 105 cm³/mol. The van der Waals surface area contributed by atoms with Crippen molar-refractivity contribution in [1.29, 1.82) is 0 Å². The van der Waals surface area contributed by atoms with Gasteiger partial charge in [0.1, 0.15) is 0 Å². The van der Waals surface area contributed by atoms with Crippen LogP contribution in [0.3, 0.4) is 0 Å². The lowest BCUT2D eigenvalue weighted by Gasteiger charge is -2.32. The molecule has 0 radical (unpaired) electrons. The number of rotatable bonds is 4. The smallest absolute Gasteiger partial charge is 0.369 e. The van der Waals surface area contributed by atoms with Gasteiger partial charge in [0.25, 0.3) is 5.60 Å².